The monoisotopic (exact) mass is 390 g/mol. The Kier molecular flexibility index (Phi) is 4.75. The number of fused-ring (bicyclic) bond motifs is 1. The van der Waals surface area contributed by atoms with Crippen LogP contribution in [-0.4, -0.2) is 50.5 Å². The van der Waals surface area contributed by atoms with Crippen LogP contribution in [0, 0.1) is 13.8 Å². The first kappa shape index (κ1) is 18.2. The van der Waals surface area contributed by atoms with Crippen molar-refractivity contribution in [1.82, 2.24) is 24.7 Å². The Bertz CT molecular complexity index is 1020. The SMILES string of the molecule is Cc1cc(C)n(CC2CN(c3nc(-c4ccncc4)nc4c3CCC4)CCO2)n1. The molecule has 0 aromatic carbocycles. The molecule has 0 saturated carbocycles. The van der Waals surface area contributed by atoms with Gasteiger partial charge in [0, 0.05) is 48.0 Å². The van der Waals surface area contributed by atoms with Crippen LogP contribution >= 0.6 is 0 Å². The first-order valence-electron chi connectivity index (χ1n) is 10.3. The Balaban J connectivity index is 1.44. The van der Waals surface area contributed by atoms with Gasteiger partial charge >= 0.3 is 0 Å². The Morgan fingerprint density at radius 1 is 1.14 bits per heavy atom. The van der Waals surface area contributed by atoms with Crippen LogP contribution in [0.4, 0.5) is 5.82 Å². The molecule has 7 heteroatoms. The number of rotatable bonds is 4. The van der Waals surface area contributed by atoms with Crippen molar-refractivity contribution in [3.63, 3.8) is 0 Å². The second-order valence-electron chi connectivity index (χ2n) is 7.93. The summed E-state index contributed by atoms with van der Waals surface area (Å²) in [5, 5.41) is 4.60. The van der Waals surface area contributed by atoms with Gasteiger partial charge in [-0.25, -0.2) is 9.97 Å². The van der Waals surface area contributed by atoms with Gasteiger partial charge in [0.25, 0.3) is 0 Å². The minimum atomic E-state index is 0.0955. The van der Waals surface area contributed by atoms with E-state index in [-0.39, 0.29) is 6.10 Å². The molecule has 1 aliphatic carbocycles. The molecular formula is C22H26N6O. The maximum atomic E-state index is 6.08. The van der Waals surface area contributed by atoms with E-state index in [1.54, 1.807) is 12.4 Å². The zero-order chi connectivity index (χ0) is 19.8. The van der Waals surface area contributed by atoms with Crippen molar-refractivity contribution in [1.29, 1.82) is 0 Å². The first-order valence-corrected chi connectivity index (χ1v) is 10.3. The highest BCUT2D eigenvalue weighted by Gasteiger charge is 2.28. The number of ether oxygens (including phenoxy) is 1. The Hall–Kier alpha value is -2.80. The van der Waals surface area contributed by atoms with E-state index in [2.05, 4.69) is 32.7 Å². The van der Waals surface area contributed by atoms with E-state index in [4.69, 9.17) is 14.7 Å². The average Bonchev–Trinajstić information content (AvgIpc) is 3.34. The van der Waals surface area contributed by atoms with Crippen molar-refractivity contribution in [2.45, 2.75) is 45.8 Å². The number of hydrogen-bond donors (Lipinski definition) is 0. The van der Waals surface area contributed by atoms with Gasteiger partial charge in [0.05, 0.1) is 24.9 Å². The Morgan fingerprint density at radius 2 is 2.00 bits per heavy atom. The molecule has 1 aliphatic heterocycles. The largest absolute Gasteiger partial charge is 0.373 e. The van der Waals surface area contributed by atoms with Gasteiger partial charge in [0.15, 0.2) is 5.82 Å². The Labute approximate surface area is 170 Å². The third kappa shape index (κ3) is 3.62. The third-order valence-corrected chi connectivity index (χ3v) is 5.77. The summed E-state index contributed by atoms with van der Waals surface area (Å²) >= 11 is 0. The number of morpholine rings is 1. The summed E-state index contributed by atoms with van der Waals surface area (Å²) in [5.74, 6) is 1.88. The third-order valence-electron chi connectivity index (χ3n) is 5.77. The molecule has 0 amide bonds. The van der Waals surface area contributed by atoms with Crippen LogP contribution in [0.1, 0.15) is 29.1 Å². The van der Waals surface area contributed by atoms with Gasteiger partial charge in [0.1, 0.15) is 5.82 Å². The standard InChI is InChI=1S/C22H26N6O/c1-15-12-16(2)28(26-15)14-18-13-27(10-11-29-18)22-19-4-3-5-20(19)24-21(25-22)17-6-8-23-9-7-17/h6-9,12,18H,3-5,10-11,13-14H2,1-2H3. The van der Waals surface area contributed by atoms with Crippen LogP contribution in [0.3, 0.4) is 0 Å². The highest BCUT2D eigenvalue weighted by molar-refractivity contribution is 5.61. The molecule has 2 aliphatic rings. The van der Waals surface area contributed by atoms with Crippen molar-refractivity contribution in [3.8, 4) is 11.4 Å². The zero-order valence-electron chi connectivity index (χ0n) is 17.0. The minimum absolute atomic E-state index is 0.0955. The summed E-state index contributed by atoms with van der Waals surface area (Å²) in [5.41, 5.74) is 5.75. The Morgan fingerprint density at radius 3 is 2.79 bits per heavy atom. The summed E-state index contributed by atoms with van der Waals surface area (Å²) in [4.78, 5) is 16.4. The van der Waals surface area contributed by atoms with Gasteiger partial charge in [0.2, 0.25) is 0 Å². The second-order valence-corrected chi connectivity index (χ2v) is 7.93. The number of anilines is 1. The number of hydrogen-bond acceptors (Lipinski definition) is 6. The topological polar surface area (TPSA) is 69.0 Å². The molecule has 0 N–H and O–H groups in total. The molecule has 3 aromatic rings. The molecule has 3 aromatic heterocycles. The predicted octanol–water partition coefficient (Wildman–Crippen LogP) is 2.75. The molecule has 1 unspecified atom stereocenters. The lowest BCUT2D eigenvalue weighted by Crippen LogP contribution is -2.45. The van der Waals surface area contributed by atoms with Crippen molar-refractivity contribution in [3.05, 3.63) is 53.2 Å². The van der Waals surface area contributed by atoms with E-state index in [9.17, 15) is 0 Å². The molecule has 4 heterocycles. The summed E-state index contributed by atoms with van der Waals surface area (Å²) < 4.78 is 8.13. The summed E-state index contributed by atoms with van der Waals surface area (Å²) in [6, 6.07) is 6.07. The fraction of sp³-hybridized carbons (Fsp3) is 0.455. The van der Waals surface area contributed by atoms with E-state index in [1.807, 2.05) is 19.1 Å². The molecule has 0 radical (unpaired) electrons. The van der Waals surface area contributed by atoms with E-state index in [0.717, 1.165) is 61.8 Å². The first-order chi connectivity index (χ1) is 14.2. The molecule has 7 nitrogen and oxygen atoms in total. The lowest BCUT2D eigenvalue weighted by molar-refractivity contribution is 0.0267. The molecule has 29 heavy (non-hydrogen) atoms. The number of pyridine rings is 1. The quantitative estimate of drug-likeness (QED) is 0.682. The van der Waals surface area contributed by atoms with Crippen LogP contribution in [-0.2, 0) is 24.1 Å². The zero-order valence-corrected chi connectivity index (χ0v) is 17.0. The number of nitrogens with zero attached hydrogens (tertiary/aromatic N) is 6. The van der Waals surface area contributed by atoms with E-state index in [0.29, 0.717) is 6.61 Å². The fourth-order valence-electron chi connectivity index (χ4n) is 4.38. The van der Waals surface area contributed by atoms with Gasteiger partial charge < -0.3 is 9.64 Å². The van der Waals surface area contributed by atoms with Crippen LogP contribution in [0.2, 0.25) is 0 Å². The summed E-state index contributed by atoms with van der Waals surface area (Å²) in [6.45, 7) is 7.26. The van der Waals surface area contributed by atoms with Crippen molar-refractivity contribution >= 4 is 5.82 Å². The highest BCUT2D eigenvalue weighted by Crippen LogP contribution is 2.32. The van der Waals surface area contributed by atoms with Crippen LogP contribution in [0.15, 0.2) is 30.6 Å². The maximum Gasteiger partial charge on any atom is 0.161 e. The van der Waals surface area contributed by atoms with Gasteiger partial charge in [-0.3, -0.25) is 9.67 Å². The minimum Gasteiger partial charge on any atom is -0.373 e. The lowest BCUT2D eigenvalue weighted by Gasteiger charge is -2.35. The predicted molar refractivity (Wildman–Crippen MR) is 111 cm³/mol. The molecule has 5 rings (SSSR count). The summed E-state index contributed by atoms with van der Waals surface area (Å²) in [6.07, 6.45) is 6.92. The average molecular weight is 390 g/mol. The van der Waals surface area contributed by atoms with Gasteiger partial charge in [-0.1, -0.05) is 0 Å². The highest BCUT2D eigenvalue weighted by atomic mass is 16.5. The summed E-state index contributed by atoms with van der Waals surface area (Å²) in [7, 11) is 0. The van der Waals surface area contributed by atoms with Gasteiger partial charge in [-0.05, 0) is 51.3 Å². The molecule has 1 atom stereocenters. The lowest BCUT2D eigenvalue weighted by atomic mass is 10.1. The van der Waals surface area contributed by atoms with Crippen LogP contribution in [0.5, 0.6) is 0 Å². The molecule has 150 valence electrons. The van der Waals surface area contributed by atoms with Crippen LogP contribution in [0.25, 0.3) is 11.4 Å². The van der Waals surface area contributed by atoms with E-state index < -0.39 is 0 Å². The van der Waals surface area contributed by atoms with Crippen molar-refractivity contribution in [2.75, 3.05) is 24.6 Å². The van der Waals surface area contributed by atoms with E-state index in [1.165, 1.54) is 17.0 Å². The maximum absolute atomic E-state index is 6.08. The fourth-order valence-corrected chi connectivity index (χ4v) is 4.38. The van der Waals surface area contributed by atoms with Gasteiger partial charge in [-0.15, -0.1) is 0 Å². The number of aromatic nitrogens is 5. The molecule has 0 bridgehead atoms. The normalized spacial score (nSPS) is 18.8. The van der Waals surface area contributed by atoms with Crippen LogP contribution < -0.4 is 4.90 Å². The smallest absolute Gasteiger partial charge is 0.161 e. The van der Waals surface area contributed by atoms with Crippen molar-refractivity contribution in [2.24, 2.45) is 0 Å². The number of aryl methyl sites for hydroxylation is 3. The second kappa shape index (κ2) is 7.55. The molecular weight excluding hydrogens is 364 g/mol. The van der Waals surface area contributed by atoms with Gasteiger partial charge in [-0.2, -0.15) is 5.10 Å². The van der Waals surface area contributed by atoms with E-state index >= 15 is 0 Å². The molecule has 1 saturated heterocycles. The molecule has 1 fully saturated rings. The molecule has 0 spiro atoms. The van der Waals surface area contributed by atoms with Crippen molar-refractivity contribution < 1.29 is 4.74 Å².